The Morgan fingerprint density at radius 1 is 0.857 bits per heavy atom. The lowest BCUT2D eigenvalue weighted by Gasteiger charge is -2.13. The average Bonchev–Trinajstić information content (AvgIpc) is 2.49. The van der Waals surface area contributed by atoms with Crippen LogP contribution in [0.5, 0.6) is 5.75 Å². The number of sulfone groups is 1. The van der Waals surface area contributed by atoms with Gasteiger partial charge in [-0.15, -0.1) is 0 Å². The molecule has 0 saturated heterocycles. The fourth-order valence-electron chi connectivity index (χ4n) is 2.44. The van der Waals surface area contributed by atoms with Gasteiger partial charge in [0.05, 0.1) is 9.79 Å². The lowest BCUT2D eigenvalue weighted by Crippen LogP contribution is -2.03. The molecule has 0 aromatic heterocycles. The lowest BCUT2D eigenvalue weighted by molar-refractivity contribution is 0.475. The number of phenolic OH excluding ortho intramolecular Hbond substituents is 1. The van der Waals surface area contributed by atoms with Crippen molar-refractivity contribution in [3.63, 3.8) is 0 Å². The smallest absolute Gasteiger partial charge is 0.206 e. The van der Waals surface area contributed by atoms with Crippen molar-refractivity contribution in [3.8, 4) is 5.75 Å². The maximum absolute atomic E-state index is 12.5. The molecule has 3 nitrogen and oxygen atoms in total. The summed E-state index contributed by atoms with van der Waals surface area (Å²) in [5, 5.41) is 9.25. The zero-order valence-corrected chi connectivity index (χ0v) is 13.1. The molecule has 0 atom stereocenters. The Kier molecular flexibility index (Phi) is 4.68. The minimum absolute atomic E-state index is 0.0537. The van der Waals surface area contributed by atoms with Gasteiger partial charge in [0.2, 0.25) is 9.84 Å². The molecule has 2 aromatic rings. The standard InChI is InChI=1S/C17H20O3S/c1-3-13(4-2)14-5-9-16(10-6-14)21(19,20)17-11-7-15(18)8-12-17/h5-13,18H,3-4H2,1-2H3. The third kappa shape index (κ3) is 3.27. The van der Waals surface area contributed by atoms with E-state index in [0.717, 1.165) is 12.8 Å². The molecule has 0 aliphatic carbocycles. The summed E-state index contributed by atoms with van der Waals surface area (Å²) in [4.78, 5) is 0.471. The molecule has 0 bridgehead atoms. The number of aromatic hydroxyl groups is 1. The van der Waals surface area contributed by atoms with Crippen LogP contribution in [0.15, 0.2) is 58.3 Å². The summed E-state index contributed by atoms with van der Waals surface area (Å²) < 4.78 is 25.0. The maximum Gasteiger partial charge on any atom is 0.206 e. The van der Waals surface area contributed by atoms with Crippen molar-refractivity contribution in [3.05, 3.63) is 54.1 Å². The first-order valence-electron chi connectivity index (χ1n) is 7.13. The second kappa shape index (κ2) is 6.31. The molecule has 2 aromatic carbocycles. The van der Waals surface area contributed by atoms with Crippen LogP contribution in [-0.2, 0) is 9.84 Å². The number of hydrogen-bond donors (Lipinski definition) is 1. The maximum atomic E-state index is 12.5. The highest BCUT2D eigenvalue weighted by molar-refractivity contribution is 7.91. The Morgan fingerprint density at radius 3 is 1.71 bits per heavy atom. The Hall–Kier alpha value is -1.81. The van der Waals surface area contributed by atoms with Crippen molar-refractivity contribution in [1.29, 1.82) is 0 Å². The second-order valence-corrected chi connectivity index (χ2v) is 7.03. The van der Waals surface area contributed by atoms with Gasteiger partial charge in [-0.2, -0.15) is 0 Å². The van der Waals surface area contributed by atoms with Gasteiger partial charge in [0, 0.05) is 0 Å². The van der Waals surface area contributed by atoms with Crippen LogP contribution in [0.4, 0.5) is 0 Å². The normalized spacial score (nSPS) is 11.8. The van der Waals surface area contributed by atoms with Crippen molar-refractivity contribution in [2.24, 2.45) is 0 Å². The van der Waals surface area contributed by atoms with Crippen LogP contribution in [0.3, 0.4) is 0 Å². The van der Waals surface area contributed by atoms with Crippen molar-refractivity contribution in [2.75, 3.05) is 0 Å². The highest BCUT2D eigenvalue weighted by Crippen LogP contribution is 2.27. The summed E-state index contributed by atoms with van der Waals surface area (Å²) in [6.07, 6.45) is 2.08. The van der Waals surface area contributed by atoms with Crippen molar-refractivity contribution in [2.45, 2.75) is 42.4 Å². The van der Waals surface area contributed by atoms with Crippen LogP contribution >= 0.6 is 0 Å². The molecule has 112 valence electrons. The zero-order valence-electron chi connectivity index (χ0n) is 12.3. The molecule has 0 amide bonds. The third-order valence-corrected chi connectivity index (χ3v) is 5.58. The molecular weight excluding hydrogens is 284 g/mol. The number of phenols is 1. The van der Waals surface area contributed by atoms with Crippen molar-refractivity contribution < 1.29 is 13.5 Å². The molecular formula is C17H20O3S. The fraction of sp³-hybridized carbons (Fsp3) is 0.294. The Labute approximate surface area is 126 Å². The van der Waals surface area contributed by atoms with E-state index in [1.54, 1.807) is 12.1 Å². The molecule has 0 unspecified atom stereocenters. The molecule has 0 saturated carbocycles. The van der Waals surface area contributed by atoms with Gasteiger partial charge < -0.3 is 5.11 Å². The van der Waals surface area contributed by atoms with Crippen LogP contribution in [0, 0.1) is 0 Å². The SMILES string of the molecule is CCC(CC)c1ccc(S(=O)(=O)c2ccc(O)cc2)cc1. The number of hydrogen-bond acceptors (Lipinski definition) is 3. The van der Waals surface area contributed by atoms with E-state index in [1.165, 1.54) is 29.8 Å². The van der Waals surface area contributed by atoms with Gasteiger partial charge in [-0.3, -0.25) is 0 Å². The van der Waals surface area contributed by atoms with Gasteiger partial charge in [0.1, 0.15) is 5.75 Å². The van der Waals surface area contributed by atoms with Crippen LogP contribution in [-0.4, -0.2) is 13.5 Å². The highest BCUT2D eigenvalue weighted by Gasteiger charge is 2.18. The van der Waals surface area contributed by atoms with Crippen LogP contribution in [0.1, 0.15) is 38.2 Å². The van der Waals surface area contributed by atoms with E-state index in [1.807, 2.05) is 12.1 Å². The van der Waals surface area contributed by atoms with E-state index < -0.39 is 9.84 Å². The van der Waals surface area contributed by atoms with E-state index in [4.69, 9.17) is 0 Å². The molecule has 1 N–H and O–H groups in total. The molecule has 4 heteroatoms. The van der Waals surface area contributed by atoms with Gasteiger partial charge in [-0.05, 0) is 60.7 Å². The minimum atomic E-state index is -3.52. The zero-order chi connectivity index (χ0) is 15.5. The average molecular weight is 304 g/mol. The topological polar surface area (TPSA) is 54.4 Å². The van der Waals surface area contributed by atoms with E-state index >= 15 is 0 Å². The summed E-state index contributed by atoms with van der Waals surface area (Å²) in [5.41, 5.74) is 1.17. The molecule has 0 heterocycles. The molecule has 21 heavy (non-hydrogen) atoms. The first-order chi connectivity index (χ1) is 9.98. The molecule has 2 rings (SSSR count). The summed E-state index contributed by atoms with van der Waals surface area (Å²) in [7, 11) is -3.52. The monoisotopic (exact) mass is 304 g/mol. The first-order valence-corrected chi connectivity index (χ1v) is 8.61. The van der Waals surface area contributed by atoms with E-state index in [9.17, 15) is 13.5 Å². The van der Waals surface area contributed by atoms with E-state index in [-0.39, 0.29) is 15.5 Å². The van der Waals surface area contributed by atoms with Gasteiger partial charge in [0.25, 0.3) is 0 Å². The Bertz CT molecular complexity index is 682. The fourth-order valence-corrected chi connectivity index (χ4v) is 3.70. The summed E-state index contributed by atoms with van der Waals surface area (Å²) in [6, 6.07) is 12.7. The quantitative estimate of drug-likeness (QED) is 0.903. The van der Waals surface area contributed by atoms with Crippen LogP contribution in [0.25, 0.3) is 0 Å². The minimum Gasteiger partial charge on any atom is -0.508 e. The highest BCUT2D eigenvalue weighted by atomic mass is 32.2. The van der Waals surface area contributed by atoms with Gasteiger partial charge in [0.15, 0.2) is 0 Å². The molecule has 0 spiro atoms. The molecule has 0 aliphatic rings. The molecule has 0 radical (unpaired) electrons. The van der Waals surface area contributed by atoms with E-state index in [0.29, 0.717) is 5.92 Å². The summed E-state index contributed by atoms with van der Waals surface area (Å²) in [6.45, 7) is 4.27. The number of benzene rings is 2. The van der Waals surface area contributed by atoms with Crippen molar-refractivity contribution in [1.82, 2.24) is 0 Å². The molecule has 0 fully saturated rings. The van der Waals surface area contributed by atoms with Crippen molar-refractivity contribution >= 4 is 9.84 Å². The van der Waals surface area contributed by atoms with Gasteiger partial charge in [-0.1, -0.05) is 26.0 Å². The van der Waals surface area contributed by atoms with Gasteiger partial charge in [-0.25, -0.2) is 8.42 Å². The van der Waals surface area contributed by atoms with Crippen LogP contribution < -0.4 is 0 Å². The summed E-state index contributed by atoms with van der Waals surface area (Å²) >= 11 is 0. The summed E-state index contributed by atoms with van der Waals surface area (Å²) in [5.74, 6) is 0.522. The first kappa shape index (κ1) is 15.6. The van der Waals surface area contributed by atoms with E-state index in [2.05, 4.69) is 13.8 Å². The number of rotatable bonds is 5. The largest absolute Gasteiger partial charge is 0.508 e. The Morgan fingerprint density at radius 2 is 1.29 bits per heavy atom. The second-order valence-electron chi connectivity index (χ2n) is 5.08. The lowest BCUT2D eigenvalue weighted by atomic mass is 9.94. The van der Waals surface area contributed by atoms with Crippen LogP contribution in [0.2, 0.25) is 0 Å². The Balaban J connectivity index is 2.35. The van der Waals surface area contributed by atoms with Gasteiger partial charge >= 0.3 is 0 Å². The molecule has 0 aliphatic heterocycles. The predicted octanol–water partition coefficient (Wildman–Crippen LogP) is 4.13. The predicted molar refractivity (Wildman–Crippen MR) is 83.3 cm³/mol. The third-order valence-electron chi connectivity index (χ3n) is 3.79.